The molecule has 1 atom stereocenters. The van der Waals surface area contributed by atoms with E-state index in [0.717, 1.165) is 17.7 Å². The Morgan fingerprint density at radius 2 is 1.92 bits per heavy atom. The number of carbonyl (C=O) groups is 1. The normalized spacial score (nSPS) is 17.9. The molecule has 24 heavy (non-hydrogen) atoms. The first-order chi connectivity index (χ1) is 11.0. The second-order valence-electron chi connectivity index (χ2n) is 7.57. The second-order valence-corrected chi connectivity index (χ2v) is 9.29. The van der Waals surface area contributed by atoms with Gasteiger partial charge in [0.15, 0.2) is 0 Å². The molecule has 0 saturated heterocycles. The van der Waals surface area contributed by atoms with Gasteiger partial charge in [0, 0.05) is 29.6 Å². The van der Waals surface area contributed by atoms with E-state index in [0.29, 0.717) is 6.54 Å². The van der Waals surface area contributed by atoms with Crippen molar-refractivity contribution in [2.75, 3.05) is 11.4 Å². The lowest BCUT2D eigenvalue weighted by molar-refractivity contribution is -0.121. The van der Waals surface area contributed by atoms with Crippen LogP contribution in [0.1, 0.15) is 53.5 Å². The van der Waals surface area contributed by atoms with Crippen molar-refractivity contribution >= 4 is 21.6 Å². The predicted octanol–water partition coefficient (Wildman–Crippen LogP) is 3.04. The van der Waals surface area contributed by atoms with E-state index in [4.69, 9.17) is 0 Å². The Morgan fingerprint density at radius 1 is 1.29 bits per heavy atom. The van der Waals surface area contributed by atoms with E-state index >= 15 is 0 Å². The summed E-state index contributed by atoms with van der Waals surface area (Å²) in [5.74, 6) is -0.0302. The number of hydrogen-bond donors (Lipinski definition) is 1. The third-order valence-electron chi connectivity index (χ3n) is 4.58. The van der Waals surface area contributed by atoms with Crippen molar-refractivity contribution in [2.45, 2.75) is 64.3 Å². The van der Waals surface area contributed by atoms with Crippen LogP contribution in [-0.4, -0.2) is 26.9 Å². The summed E-state index contributed by atoms with van der Waals surface area (Å²) in [5, 5.41) is 0. The van der Waals surface area contributed by atoms with E-state index < -0.39 is 10.0 Å². The van der Waals surface area contributed by atoms with Gasteiger partial charge in [0.25, 0.3) is 0 Å². The molecule has 1 aliphatic rings. The summed E-state index contributed by atoms with van der Waals surface area (Å²) in [5.41, 5.74) is 1.45. The smallest absolute Gasteiger partial charge is 0.240 e. The monoisotopic (exact) mass is 352 g/mol. The number of fused-ring (bicyclic) bond motifs is 1. The molecule has 0 spiro atoms. The minimum atomic E-state index is -3.55. The Balaban J connectivity index is 2.46. The number of hydrogen-bond acceptors (Lipinski definition) is 3. The number of anilines is 1. The highest BCUT2D eigenvalue weighted by Gasteiger charge is 2.39. The number of nitrogens with zero attached hydrogens (tertiary/aromatic N) is 1. The van der Waals surface area contributed by atoms with Gasteiger partial charge < -0.3 is 4.90 Å². The first-order valence-corrected chi connectivity index (χ1v) is 9.96. The van der Waals surface area contributed by atoms with Crippen molar-refractivity contribution in [3.05, 3.63) is 23.8 Å². The van der Waals surface area contributed by atoms with Crippen LogP contribution in [-0.2, 0) is 20.2 Å². The molecule has 2 rings (SSSR count). The van der Waals surface area contributed by atoms with Gasteiger partial charge in [-0.2, -0.15) is 0 Å². The molecule has 1 aliphatic heterocycles. The summed E-state index contributed by atoms with van der Waals surface area (Å²) >= 11 is 0. The summed E-state index contributed by atoms with van der Waals surface area (Å²) in [6.07, 6.45) is 0.729. The molecule has 1 N–H and O–H groups in total. The molecule has 0 unspecified atom stereocenters. The van der Waals surface area contributed by atoms with Crippen LogP contribution in [0.5, 0.6) is 0 Å². The summed E-state index contributed by atoms with van der Waals surface area (Å²) < 4.78 is 27.8. The lowest BCUT2D eigenvalue weighted by atomic mass is 9.87. The van der Waals surface area contributed by atoms with Gasteiger partial charge in [0.1, 0.15) is 0 Å². The van der Waals surface area contributed by atoms with E-state index in [1.54, 1.807) is 23.1 Å². The number of nitrogens with one attached hydrogen (secondary N) is 1. The van der Waals surface area contributed by atoms with Crippen LogP contribution in [0.4, 0.5) is 5.69 Å². The maximum Gasteiger partial charge on any atom is 0.240 e. The van der Waals surface area contributed by atoms with Crippen LogP contribution < -0.4 is 9.62 Å². The van der Waals surface area contributed by atoms with E-state index in [1.165, 1.54) is 0 Å². The van der Waals surface area contributed by atoms with Gasteiger partial charge in [-0.15, -0.1) is 0 Å². The molecule has 0 bridgehead atoms. The lowest BCUT2D eigenvalue weighted by Gasteiger charge is -2.22. The van der Waals surface area contributed by atoms with E-state index in [2.05, 4.69) is 4.72 Å². The Bertz CT molecular complexity index is 739. The highest BCUT2D eigenvalue weighted by molar-refractivity contribution is 7.89. The molecule has 1 amide bonds. The molecular formula is C18H28N2O3S. The molecule has 6 heteroatoms. The van der Waals surface area contributed by atoms with Gasteiger partial charge >= 0.3 is 0 Å². The van der Waals surface area contributed by atoms with E-state index in [1.807, 2.05) is 41.5 Å². The third-order valence-corrected chi connectivity index (χ3v) is 6.17. The van der Waals surface area contributed by atoms with Crippen molar-refractivity contribution in [2.24, 2.45) is 5.92 Å². The van der Waals surface area contributed by atoms with Crippen molar-refractivity contribution < 1.29 is 13.2 Å². The molecule has 1 aromatic carbocycles. The van der Waals surface area contributed by atoms with Crippen LogP contribution in [0, 0.1) is 5.92 Å². The molecule has 5 nitrogen and oxygen atoms in total. The molecule has 1 aromatic rings. The Kier molecular flexibility index (Phi) is 5.11. The zero-order valence-corrected chi connectivity index (χ0v) is 16.2. The predicted molar refractivity (Wildman–Crippen MR) is 96.7 cm³/mol. The highest BCUT2D eigenvalue weighted by Crippen LogP contribution is 2.42. The Labute approximate surface area is 145 Å². The maximum absolute atomic E-state index is 12.5. The first kappa shape index (κ1) is 18.9. The van der Waals surface area contributed by atoms with Crippen molar-refractivity contribution in [1.29, 1.82) is 0 Å². The van der Waals surface area contributed by atoms with Gasteiger partial charge in [0.2, 0.25) is 15.9 Å². The van der Waals surface area contributed by atoms with Crippen molar-refractivity contribution in [1.82, 2.24) is 4.72 Å². The Morgan fingerprint density at radius 3 is 2.46 bits per heavy atom. The van der Waals surface area contributed by atoms with Gasteiger partial charge in [-0.05, 0) is 37.1 Å². The molecule has 0 saturated carbocycles. The van der Waals surface area contributed by atoms with Crippen molar-refractivity contribution in [3.63, 3.8) is 0 Å². The molecule has 0 radical (unpaired) electrons. The summed E-state index contributed by atoms with van der Waals surface area (Å²) in [4.78, 5) is 14.5. The minimum absolute atomic E-state index is 0.0650. The topological polar surface area (TPSA) is 66.5 Å². The van der Waals surface area contributed by atoms with Crippen LogP contribution in [0.2, 0.25) is 0 Å². The zero-order chi connectivity index (χ0) is 18.3. The SMILES string of the molecule is CC[C@@H](C)NS(=O)(=O)c1ccc2c(c1)C(C)(C)CN2C(=O)C(C)C. The fraction of sp³-hybridized carbons (Fsp3) is 0.611. The summed E-state index contributed by atoms with van der Waals surface area (Å²) in [6.45, 7) is 12.2. The average molecular weight is 353 g/mol. The van der Waals surface area contributed by atoms with Gasteiger partial charge in [-0.3, -0.25) is 4.79 Å². The van der Waals surface area contributed by atoms with Crippen LogP contribution in [0.15, 0.2) is 23.1 Å². The number of carbonyl (C=O) groups excluding carboxylic acids is 1. The quantitative estimate of drug-likeness (QED) is 0.886. The standard InChI is InChI=1S/C18H28N2O3S/c1-7-13(4)19-24(22,23)14-8-9-16-15(10-14)18(5,6)11-20(16)17(21)12(2)3/h8-10,12-13,19H,7,11H2,1-6H3/t13-/m1/s1. The van der Waals surface area contributed by atoms with Crippen LogP contribution in [0.3, 0.4) is 0 Å². The van der Waals surface area contributed by atoms with Crippen LogP contribution in [0.25, 0.3) is 0 Å². The van der Waals surface area contributed by atoms with Crippen LogP contribution >= 0.6 is 0 Å². The summed E-state index contributed by atoms with van der Waals surface area (Å²) in [7, 11) is -3.55. The van der Waals surface area contributed by atoms with E-state index in [9.17, 15) is 13.2 Å². The first-order valence-electron chi connectivity index (χ1n) is 8.48. The Hall–Kier alpha value is -1.40. The average Bonchev–Trinajstić information content (AvgIpc) is 2.77. The minimum Gasteiger partial charge on any atom is -0.311 e. The fourth-order valence-corrected chi connectivity index (χ4v) is 4.30. The largest absolute Gasteiger partial charge is 0.311 e. The summed E-state index contributed by atoms with van der Waals surface area (Å²) in [6, 6.07) is 4.95. The second kappa shape index (κ2) is 6.48. The highest BCUT2D eigenvalue weighted by atomic mass is 32.2. The lowest BCUT2D eigenvalue weighted by Crippen LogP contribution is -2.36. The molecular weight excluding hydrogens is 324 g/mol. The molecule has 0 aliphatic carbocycles. The fourth-order valence-electron chi connectivity index (χ4n) is 2.95. The maximum atomic E-state index is 12.5. The van der Waals surface area contributed by atoms with Gasteiger partial charge in [0.05, 0.1) is 4.90 Å². The van der Waals surface area contributed by atoms with E-state index in [-0.39, 0.29) is 28.2 Å². The molecule has 0 aromatic heterocycles. The number of benzene rings is 1. The van der Waals surface area contributed by atoms with Crippen molar-refractivity contribution in [3.8, 4) is 0 Å². The zero-order valence-electron chi connectivity index (χ0n) is 15.4. The number of sulfonamides is 1. The third kappa shape index (κ3) is 3.49. The molecule has 0 fully saturated rings. The van der Waals surface area contributed by atoms with Gasteiger partial charge in [-0.1, -0.05) is 34.6 Å². The number of amides is 1. The number of rotatable bonds is 5. The molecule has 134 valence electrons. The molecule has 1 heterocycles. The van der Waals surface area contributed by atoms with Gasteiger partial charge in [-0.25, -0.2) is 13.1 Å².